The van der Waals surface area contributed by atoms with Gasteiger partial charge in [0.15, 0.2) is 17.4 Å². The summed E-state index contributed by atoms with van der Waals surface area (Å²) in [5.41, 5.74) is 1.25. The van der Waals surface area contributed by atoms with Gasteiger partial charge in [-0.05, 0) is 30.7 Å². The number of methoxy groups -OCH3 is 2. The van der Waals surface area contributed by atoms with Crippen molar-refractivity contribution in [2.24, 2.45) is 5.92 Å². The number of benzene rings is 2. The molecule has 0 saturated carbocycles. The number of halogens is 1. The molecule has 0 unspecified atom stereocenters. The number of pyridine rings is 1. The fraction of sp³-hybridized carbons (Fsp3) is 0.207. The van der Waals surface area contributed by atoms with Gasteiger partial charge in [0.2, 0.25) is 17.2 Å². The van der Waals surface area contributed by atoms with E-state index in [-0.39, 0.29) is 27.8 Å². The van der Waals surface area contributed by atoms with E-state index in [2.05, 4.69) is 25.5 Å². The molecule has 0 radical (unpaired) electrons. The van der Waals surface area contributed by atoms with Crippen molar-refractivity contribution < 1.29 is 23.8 Å². The van der Waals surface area contributed by atoms with Gasteiger partial charge >= 0.3 is 0 Å². The molecule has 202 valence electrons. The number of hydrogen-bond donors (Lipinski definition) is 2. The van der Waals surface area contributed by atoms with E-state index in [1.807, 2.05) is 42.5 Å². The number of carbonyl (C=O) groups is 2. The number of Topliss-reactive ketones (excluding diaryl/α,β-unsaturated/α-hetero) is 1. The molecule has 11 heteroatoms. The Morgan fingerprint density at radius 3 is 2.65 bits per heavy atom. The van der Waals surface area contributed by atoms with Crippen LogP contribution in [-0.2, 0) is 4.79 Å². The summed E-state index contributed by atoms with van der Waals surface area (Å²) in [5.74, 6) is 0.229. The highest BCUT2D eigenvalue weighted by Crippen LogP contribution is 2.53. The zero-order valence-corrected chi connectivity index (χ0v) is 22.6. The fourth-order valence-electron chi connectivity index (χ4n) is 5.15. The number of ether oxygens (including phenoxy) is 3. The summed E-state index contributed by atoms with van der Waals surface area (Å²) < 4.78 is 16.8. The molecule has 1 aliphatic carbocycles. The summed E-state index contributed by atoms with van der Waals surface area (Å²) in [4.78, 5) is 36.2. The third kappa shape index (κ3) is 3.99. The first-order valence-corrected chi connectivity index (χ1v) is 12.9. The summed E-state index contributed by atoms with van der Waals surface area (Å²) in [6.45, 7) is 1.80. The topological polar surface area (TPSA) is 128 Å². The van der Waals surface area contributed by atoms with E-state index in [0.717, 1.165) is 11.3 Å². The number of rotatable bonds is 6. The Labute approximate surface area is 234 Å². The zero-order valence-electron chi connectivity index (χ0n) is 21.8. The average Bonchev–Trinajstić information content (AvgIpc) is 3.58. The SMILES string of the molecule is COc1cc(OC)c2c(c1Cl)O[C@@]1(C(=O)C=C(Nc3cccc(-c4n[nH]c(-c5ccccn5)n4)c3)C[C@H]1C)C2=O. The van der Waals surface area contributed by atoms with Gasteiger partial charge in [-0.2, -0.15) is 5.10 Å². The van der Waals surface area contributed by atoms with Gasteiger partial charge in [0.1, 0.15) is 27.8 Å². The van der Waals surface area contributed by atoms with Crippen molar-refractivity contribution in [1.29, 1.82) is 0 Å². The molecule has 2 atom stereocenters. The Morgan fingerprint density at radius 2 is 1.93 bits per heavy atom. The van der Waals surface area contributed by atoms with Crippen molar-refractivity contribution in [3.05, 3.63) is 77.1 Å². The van der Waals surface area contributed by atoms with Crippen LogP contribution in [0.15, 0.2) is 66.5 Å². The Bertz CT molecular complexity index is 1690. The highest BCUT2D eigenvalue weighted by atomic mass is 35.5. The molecular weight excluding hydrogens is 534 g/mol. The van der Waals surface area contributed by atoms with Crippen molar-refractivity contribution in [3.8, 4) is 40.2 Å². The number of anilines is 1. The van der Waals surface area contributed by atoms with E-state index in [0.29, 0.717) is 29.5 Å². The molecule has 2 N–H and O–H groups in total. The van der Waals surface area contributed by atoms with Crippen molar-refractivity contribution in [2.75, 3.05) is 19.5 Å². The first-order valence-electron chi connectivity index (χ1n) is 12.5. The molecule has 4 aromatic rings. The molecule has 3 heterocycles. The van der Waals surface area contributed by atoms with E-state index in [4.69, 9.17) is 25.8 Å². The average molecular weight is 558 g/mol. The van der Waals surface area contributed by atoms with Crippen LogP contribution in [0.4, 0.5) is 5.69 Å². The zero-order chi connectivity index (χ0) is 28.0. The van der Waals surface area contributed by atoms with Crippen LogP contribution in [0.1, 0.15) is 23.7 Å². The van der Waals surface area contributed by atoms with E-state index in [1.54, 1.807) is 13.1 Å². The Morgan fingerprint density at radius 1 is 1.10 bits per heavy atom. The van der Waals surface area contributed by atoms with Crippen LogP contribution in [0.25, 0.3) is 22.9 Å². The molecule has 10 nitrogen and oxygen atoms in total. The van der Waals surface area contributed by atoms with Gasteiger partial charge < -0.3 is 19.5 Å². The fourth-order valence-corrected chi connectivity index (χ4v) is 5.41. The Hall–Kier alpha value is -4.70. The number of H-pyrrole nitrogens is 1. The molecule has 0 bridgehead atoms. The molecule has 2 aliphatic rings. The first kappa shape index (κ1) is 25.6. The van der Waals surface area contributed by atoms with Crippen LogP contribution >= 0.6 is 11.6 Å². The highest BCUT2D eigenvalue weighted by Gasteiger charge is 2.60. The first-order chi connectivity index (χ1) is 19.3. The third-order valence-corrected chi connectivity index (χ3v) is 7.49. The predicted molar refractivity (Wildman–Crippen MR) is 148 cm³/mol. The van der Waals surface area contributed by atoms with Gasteiger partial charge in [0.25, 0.3) is 0 Å². The third-order valence-electron chi connectivity index (χ3n) is 7.13. The van der Waals surface area contributed by atoms with Gasteiger partial charge in [-0.1, -0.05) is 36.7 Å². The summed E-state index contributed by atoms with van der Waals surface area (Å²) in [6.07, 6.45) is 3.48. The lowest BCUT2D eigenvalue weighted by Gasteiger charge is -2.35. The monoisotopic (exact) mass is 557 g/mol. The van der Waals surface area contributed by atoms with Crippen LogP contribution in [0.3, 0.4) is 0 Å². The standard InChI is InChI=1S/C29H24ClN5O5/c1-15-11-18(13-22(36)29(15)26(37)23-20(38-2)14-21(39-3)24(30)25(23)40-29)32-17-8-6-7-16(12-17)27-33-28(35-34-27)19-9-4-5-10-31-19/h4-10,12-15,32H,11H2,1-3H3,(H,33,34,35)/t15-,29+/m1/s1. The molecule has 0 saturated heterocycles. The molecule has 1 aliphatic heterocycles. The van der Waals surface area contributed by atoms with Crippen molar-refractivity contribution in [1.82, 2.24) is 20.2 Å². The molecule has 0 amide bonds. The lowest BCUT2D eigenvalue weighted by molar-refractivity contribution is -0.129. The second-order valence-corrected chi connectivity index (χ2v) is 9.91. The van der Waals surface area contributed by atoms with Crippen LogP contribution in [-0.4, -0.2) is 51.6 Å². The second kappa shape index (κ2) is 9.80. The van der Waals surface area contributed by atoms with Crippen molar-refractivity contribution in [3.63, 3.8) is 0 Å². The summed E-state index contributed by atoms with van der Waals surface area (Å²) in [5, 5.41) is 10.7. The number of ketones is 2. The van der Waals surface area contributed by atoms with Gasteiger partial charge in [-0.15, -0.1) is 0 Å². The maximum Gasteiger partial charge on any atom is 0.236 e. The number of nitrogens with zero attached hydrogens (tertiary/aromatic N) is 3. The van der Waals surface area contributed by atoms with Crippen LogP contribution < -0.4 is 19.5 Å². The Balaban J connectivity index is 1.26. The minimum Gasteiger partial charge on any atom is -0.496 e. The van der Waals surface area contributed by atoms with Crippen molar-refractivity contribution in [2.45, 2.75) is 18.9 Å². The van der Waals surface area contributed by atoms with E-state index in [1.165, 1.54) is 26.4 Å². The molecule has 0 fully saturated rings. The number of allylic oxidation sites excluding steroid dienone is 1. The second-order valence-electron chi connectivity index (χ2n) is 9.53. The smallest absolute Gasteiger partial charge is 0.236 e. The van der Waals surface area contributed by atoms with Crippen LogP contribution in [0.2, 0.25) is 5.02 Å². The van der Waals surface area contributed by atoms with Gasteiger partial charge in [0, 0.05) is 41.2 Å². The lowest BCUT2D eigenvalue weighted by Crippen LogP contribution is -2.55. The predicted octanol–water partition coefficient (Wildman–Crippen LogP) is 5.12. The van der Waals surface area contributed by atoms with E-state index in [9.17, 15) is 9.59 Å². The molecular formula is C29H24ClN5O5. The number of aromatic nitrogens is 4. The minimum absolute atomic E-state index is 0.0946. The highest BCUT2D eigenvalue weighted by molar-refractivity contribution is 6.36. The summed E-state index contributed by atoms with van der Waals surface area (Å²) >= 11 is 6.47. The molecule has 40 heavy (non-hydrogen) atoms. The summed E-state index contributed by atoms with van der Waals surface area (Å²) in [7, 11) is 2.88. The number of hydrogen-bond acceptors (Lipinski definition) is 9. The molecule has 2 aromatic heterocycles. The van der Waals surface area contributed by atoms with Crippen LogP contribution in [0, 0.1) is 5.92 Å². The van der Waals surface area contributed by atoms with E-state index >= 15 is 0 Å². The normalized spacial score (nSPS) is 19.7. The van der Waals surface area contributed by atoms with Crippen LogP contribution in [0.5, 0.6) is 17.2 Å². The Kier molecular flexibility index (Phi) is 6.26. The lowest BCUT2D eigenvalue weighted by atomic mass is 9.74. The summed E-state index contributed by atoms with van der Waals surface area (Å²) in [6, 6.07) is 14.6. The number of carbonyl (C=O) groups excluding carboxylic acids is 2. The number of aromatic amines is 1. The van der Waals surface area contributed by atoms with Gasteiger partial charge in [0.05, 0.1) is 14.2 Å². The molecule has 6 rings (SSSR count). The van der Waals surface area contributed by atoms with Gasteiger partial charge in [-0.25, -0.2) is 4.98 Å². The largest absolute Gasteiger partial charge is 0.496 e. The van der Waals surface area contributed by atoms with Gasteiger partial charge in [-0.3, -0.25) is 19.7 Å². The molecule has 2 aromatic carbocycles. The van der Waals surface area contributed by atoms with E-state index < -0.39 is 23.1 Å². The molecule has 1 spiro atoms. The van der Waals surface area contributed by atoms with Crippen molar-refractivity contribution >= 4 is 28.9 Å². The minimum atomic E-state index is -1.74. The maximum absolute atomic E-state index is 13.7. The number of nitrogens with one attached hydrogen (secondary N) is 2. The quantitative estimate of drug-likeness (QED) is 0.310. The maximum atomic E-state index is 13.7. The number of fused-ring (bicyclic) bond motifs is 1.